The maximum Gasteiger partial charge on any atom is 0.342 e. The van der Waals surface area contributed by atoms with Gasteiger partial charge in [-0.1, -0.05) is 25.5 Å². The number of hydrogen-bond acceptors (Lipinski definition) is 6. The van der Waals surface area contributed by atoms with E-state index in [-0.39, 0.29) is 17.9 Å². The number of carbonyl (C=O) groups is 1. The predicted molar refractivity (Wildman–Crippen MR) is 121 cm³/mol. The Labute approximate surface area is 191 Å². The van der Waals surface area contributed by atoms with Gasteiger partial charge in [-0.25, -0.2) is 4.79 Å². The van der Waals surface area contributed by atoms with Crippen LogP contribution < -0.4 is 9.47 Å². The first kappa shape index (κ1) is 23.1. The van der Waals surface area contributed by atoms with E-state index in [0.29, 0.717) is 35.9 Å². The number of unbranched alkanes of at least 4 members (excludes halogenated alkanes) is 2. The number of cyclic esters (lactones) is 1. The highest BCUT2D eigenvalue weighted by atomic mass is 16.7. The van der Waals surface area contributed by atoms with Crippen LogP contribution in [0.3, 0.4) is 0 Å². The molecule has 1 spiro atoms. The second kappa shape index (κ2) is 10.3. The van der Waals surface area contributed by atoms with E-state index in [9.17, 15) is 4.79 Å². The fourth-order valence-electron chi connectivity index (χ4n) is 5.23. The Balaban J connectivity index is 1.26. The van der Waals surface area contributed by atoms with Gasteiger partial charge in [0.15, 0.2) is 5.79 Å². The average molecular weight is 445 g/mol. The van der Waals surface area contributed by atoms with Gasteiger partial charge in [0.1, 0.15) is 29.8 Å². The molecule has 1 aromatic carbocycles. The Hall–Kier alpha value is -2.05. The van der Waals surface area contributed by atoms with Crippen LogP contribution in [0.25, 0.3) is 0 Å². The van der Waals surface area contributed by atoms with Crippen LogP contribution in [0.15, 0.2) is 24.8 Å². The molecule has 0 N–H and O–H groups in total. The Bertz CT molecular complexity index is 817. The monoisotopic (exact) mass is 444 g/mol. The molecule has 176 valence electrons. The van der Waals surface area contributed by atoms with Crippen molar-refractivity contribution in [2.24, 2.45) is 0 Å². The van der Waals surface area contributed by atoms with Crippen LogP contribution in [-0.4, -0.2) is 37.7 Å². The largest absolute Gasteiger partial charge is 0.496 e. The van der Waals surface area contributed by atoms with Gasteiger partial charge in [0.2, 0.25) is 0 Å². The number of hydrogen-bond donors (Lipinski definition) is 0. The molecule has 2 saturated heterocycles. The first-order valence-electron chi connectivity index (χ1n) is 12.1. The van der Waals surface area contributed by atoms with Gasteiger partial charge in [-0.3, -0.25) is 0 Å². The molecule has 0 amide bonds. The zero-order chi connectivity index (χ0) is 22.6. The van der Waals surface area contributed by atoms with Crippen LogP contribution in [0.2, 0.25) is 0 Å². The Morgan fingerprint density at radius 3 is 2.75 bits per heavy atom. The van der Waals surface area contributed by atoms with Gasteiger partial charge in [-0.15, -0.1) is 0 Å². The van der Waals surface area contributed by atoms with Crippen LogP contribution in [0.4, 0.5) is 0 Å². The standard InChI is InChI=1S/C26H36O6/c1-4-15-29-20-16-21-22(30-25(27)24(21)23(17-20)28-3)11-7-5-6-9-19-10-8-13-26(32-19)14-12-18(2)31-26/h4,16-19,22H,1,5-15H2,2-3H3. The summed E-state index contributed by atoms with van der Waals surface area (Å²) < 4.78 is 29.3. The Kier molecular flexibility index (Phi) is 7.41. The minimum absolute atomic E-state index is 0.249. The van der Waals surface area contributed by atoms with E-state index in [1.165, 1.54) is 6.42 Å². The number of ether oxygens (including phenoxy) is 5. The highest BCUT2D eigenvalue weighted by Gasteiger charge is 2.43. The van der Waals surface area contributed by atoms with Gasteiger partial charge in [-0.05, 0) is 51.5 Å². The number of carbonyl (C=O) groups excluding carboxylic acids is 1. The lowest BCUT2D eigenvalue weighted by molar-refractivity contribution is -0.269. The van der Waals surface area contributed by atoms with Crippen molar-refractivity contribution in [3.63, 3.8) is 0 Å². The molecular formula is C26H36O6. The molecule has 3 aliphatic heterocycles. The summed E-state index contributed by atoms with van der Waals surface area (Å²) in [6.07, 6.45) is 12.6. The maximum atomic E-state index is 12.4. The summed E-state index contributed by atoms with van der Waals surface area (Å²) in [7, 11) is 1.56. The lowest BCUT2D eigenvalue weighted by Gasteiger charge is -2.38. The van der Waals surface area contributed by atoms with Crippen molar-refractivity contribution in [3.05, 3.63) is 35.9 Å². The van der Waals surface area contributed by atoms with Crippen molar-refractivity contribution in [1.82, 2.24) is 0 Å². The second-order valence-corrected chi connectivity index (χ2v) is 9.23. The van der Waals surface area contributed by atoms with E-state index in [1.54, 1.807) is 19.3 Å². The van der Waals surface area contributed by atoms with E-state index in [2.05, 4.69) is 13.5 Å². The predicted octanol–water partition coefficient (Wildman–Crippen LogP) is 5.89. The average Bonchev–Trinajstić information content (AvgIpc) is 3.30. The van der Waals surface area contributed by atoms with Crippen LogP contribution >= 0.6 is 0 Å². The number of benzene rings is 1. The van der Waals surface area contributed by atoms with Crippen molar-refractivity contribution in [2.75, 3.05) is 13.7 Å². The molecule has 6 nitrogen and oxygen atoms in total. The third kappa shape index (κ3) is 5.12. The molecule has 3 aliphatic rings. The topological polar surface area (TPSA) is 63.2 Å². The van der Waals surface area contributed by atoms with Crippen molar-refractivity contribution >= 4 is 5.97 Å². The molecule has 32 heavy (non-hydrogen) atoms. The quantitative estimate of drug-likeness (QED) is 0.255. The van der Waals surface area contributed by atoms with Crippen molar-refractivity contribution in [2.45, 2.75) is 95.2 Å². The summed E-state index contributed by atoms with van der Waals surface area (Å²) in [6, 6.07) is 3.63. The fraction of sp³-hybridized carbons (Fsp3) is 0.654. The van der Waals surface area contributed by atoms with Gasteiger partial charge in [0.05, 0.1) is 19.3 Å². The highest BCUT2D eigenvalue weighted by Crippen LogP contribution is 2.43. The molecule has 2 fully saturated rings. The summed E-state index contributed by atoms with van der Waals surface area (Å²) in [5.74, 6) is 0.537. The SMILES string of the molecule is C=CCOc1cc(OC)c2c(c1)C(CCCCCC1CCCC3(CCC(C)O3)O1)OC2=O. The number of rotatable bonds is 10. The van der Waals surface area contributed by atoms with Crippen molar-refractivity contribution in [1.29, 1.82) is 0 Å². The molecule has 4 unspecified atom stereocenters. The minimum Gasteiger partial charge on any atom is -0.496 e. The molecule has 0 saturated carbocycles. The molecule has 0 radical (unpaired) electrons. The molecular weight excluding hydrogens is 408 g/mol. The van der Waals surface area contributed by atoms with Gasteiger partial charge < -0.3 is 23.7 Å². The van der Waals surface area contributed by atoms with Crippen LogP contribution in [0.1, 0.15) is 93.2 Å². The molecule has 4 atom stereocenters. The van der Waals surface area contributed by atoms with Gasteiger partial charge in [-0.2, -0.15) is 0 Å². The lowest BCUT2D eigenvalue weighted by atomic mass is 9.95. The van der Waals surface area contributed by atoms with E-state index in [0.717, 1.165) is 63.4 Å². The molecule has 0 bridgehead atoms. The van der Waals surface area contributed by atoms with Gasteiger partial charge in [0, 0.05) is 24.5 Å². The molecule has 0 aromatic heterocycles. The van der Waals surface area contributed by atoms with Crippen LogP contribution in [-0.2, 0) is 14.2 Å². The first-order chi connectivity index (χ1) is 15.5. The van der Waals surface area contributed by atoms with E-state index >= 15 is 0 Å². The van der Waals surface area contributed by atoms with E-state index in [4.69, 9.17) is 23.7 Å². The minimum atomic E-state index is -0.316. The summed E-state index contributed by atoms with van der Waals surface area (Å²) in [4.78, 5) is 12.4. The first-order valence-corrected chi connectivity index (χ1v) is 12.1. The number of esters is 1. The smallest absolute Gasteiger partial charge is 0.342 e. The zero-order valence-corrected chi connectivity index (χ0v) is 19.4. The lowest BCUT2D eigenvalue weighted by Crippen LogP contribution is -2.40. The third-order valence-electron chi connectivity index (χ3n) is 6.80. The summed E-state index contributed by atoms with van der Waals surface area (Å²) in [5, 5.41) is 0. The third-order valence-corrected chi connectivity index (χ3v) is 6.80. The molecule has 3 heterocycles. The van der Waals surface area contributed by atoms with Crippen molar-refractivity contribution < 1.29 is 28.5 Å². The summed E-state index contributed by atoms with van der Waals surface area (Å²) in [5.41, 5.74) is 1.38. The van der Waals surface area contributed by atoms with Crippen LogP contribution in [0.5, 0.6) is 11.5 Å². The number of fused-ring (bicyclic) bond motifs is 1. The van der Waals surface area contributed by atoms with Crippen LogP contribution in [0, 0.1) is 0 Å². The molecule has 4 rings (SSSR count). The fourth-order valence-corrected chi connectivity index (χ4v) is 5.23. The van der Waals surface area contributed by atoms with Gasteiger partial charge in [0.25, 0.3) is 0 Å². The Morgan fingerprint density at radius 2 is 2.00 bits per heavy atom. The molecule has 0 aliphatic carbocycles. The summed E-state index contributed by atoms with van der Waals surface area (Å²) in [6.45, 7) is 6.22. The Morgan fingerprint density at radius 1 is 1.16 bits per heavy atom. The maximum absolute atomic E-state index is 12.4. The number of methoxy groups -OCH3 is 1. The zero-order valence-electron chi connectivity index (χ0n) is 19.4. The van der Waals surface area contributed by atoms with Gasteiger partial charge >= 0.3 is 5.97 Å². The van der Waals surface area contributed by atoms with Crippen molar-refractivity contribution in [3.8, 4) is 11.5 Å². The molecule has 6 heteroatoms. The summed E-state index contributed by atoms with van der Waals surface area (Å²) >= 11 is 0. The highest BCUT2D eigenvalue weighted by molar-refractivity contribution is 5.97. The molecule has 1 aromatic rings. The van der Waals surface area contributed by atoms with E-state index in [1.807, 2.05) is 6.07 Å². The normalized spacial score (nSPS) is 29.1. The second-order valence-electron chi connectivity index (χ2n) is 9.23. The van der Waals surface area contributed by atoms with E-state index < -0.39 is 0 Å².